The quantitative estimate of drug-likeness (QED) is 0.774. The monoisotopic (exact) mass is 225 g/mol. The van der Waals surface area contributed by atoms with E-state index in [0.717, 1.165) is 25.2 Å². The van der Waals surface area contributed by atoms with Gasteiger partial charge in [0.15, 0.2) is 5.82 Å². The topological polar surface area (TPSA) is 64.9 Å². The average molecular weight is 225 g/mol. The third-order valence-corrected chi connectivity index (χ3v) is 2.98. The van der Waals surface area contributed by atoms with Gasteiger partial charge in [-0.15, -0.1) is 0 Å². The minimum atomic E-state index is -0.0961. The molecular formula is C12H23N3O. The first-order chi connectivity index (χ1) is 7.72. The highest BCUT2D eigenvalue weighted by Crippen LogP contribution is 2.24. The second-order valence-electron chi connectivity index (χ2n) is 4.25. The van der Waals surface area contributed by atoms with Crippen molar-refractivity contribution < 1.29 is 4.52 Å². The van der Waals surface area contributed by atoms with Crippen LogP contribution in [0.4, 0.5) is 0 Å². The second-order valence-corrected chi connectivity index (χ2v) is 4.25. The van der Waals surface area contributed by atoms with Crippen LogP contribution in [0.1, 0.15) is 76.6 Å². The minimum absolute atomic E-state index is 0.0961. The highest BCUT2D eigenvalue weighted by atomic mass is 16.5. The number of hydrogen-bond donors (Lipinski definition) is 1. The van der Waals surface area contributed by atoms with E-state index in [9.17, 15) is 0 Å². The zero-order valence-corrected chi connectivity index (χ0v) is 10.6. The molecule has 0 fully saturated rings. The Kier molecular flexibility index (Phi) is 5.46. The molecule has 0 spiro atoms. The number of hydrogen-bond acceptors (Lipinski definition) is 4. The molecule has 2 N–H and O–H groups in total. The van der Waals surface area contributed by atoms with E-state index >= 15 is 0 Å². The van der Waals surface area contributed by atoms with Crippen LogP contribution < -0.4 is 5.73 Å². The van der Waals surface area contributed by atoms with E-state index in [1.54, 1.807) is 0 Å². The summed E-state index contributed by atoms with van der Waals surface area (Å²) in [6, 6.07) is -0.0961. The molecule has 1 aromatic heterocycles. The van der Waals surface area contributed by atoms with Gasteiger partial charge in [0.25, 0.3) is 0 Å². The molecule has 4 nitrogen and oxygen atoms in total. The average Bonchev–Trinajstić information content (AvgIpc) is 2.78. The van der Waals surface area contributed by atoms with Crippen molar-refractivity contribution in [3.63, 3.8) is 0 Å². The molecule has 4 heteroatoms. The van der Waals surface area contributed by atoms with Gasteiger partial charge in [-0.3, -0.25) is 0 Å². The van der Waals surface area contributed by atoms with Crippen LogP contribution in [-0.4, -0.2) is 10.1 Å². The predicted molar refractivity (Wildman–Crippen MR) is 64.1 cm³/mol. The van der Waals surface area contributed by atoms with Crippen molar-refractivity contribution in [1.82, 2.24) is 10.1 Å². The Morgan fingerprint density at radius 1 is 1.25 bits per heavy atom. The summed E-state index contributed by atoms with van der Waals surface area (Å²) in [7, 11) is 0. The smallest absolute Gasteiger partial charge is 0.229 e. The van der Waals surface area contributed by atoms with E-state index in [0.29, 0.717) is 11.7 Å². The van der Waals surface area contributed by atoms with Gasteiger partial charge in [0.1, 0.15) is 0 Å². The Balaban J connectivity index is 2.66. The largest absolute Gasteiger partial charge is 0.339 e. The lowest BCUT2D eigenvalue weighted by Gasteiger charge is -2.08. The van der Waals surface area contributed by atoms with Crippen LogP contribution >= 0.6 is 0 Å². The van der Waals surface area contributed by atoms with E-state index in [1.165, 1.54) is 12.8 Å². The summed E-state index contributed by atoms with van der Waals surface area (Å²) in [6.45, 7) is 6.37. The number of aromatic nitrogens is 2. The van der Waals surface area contributed by atoms with Crippen LogP contribution in [0.25, 0.3) is 0 Å². The van der Waals surface area contributed by atoms with E-state index < -0.39 is 0 Å². The molecule has 0 aliphatic rings. The number of rotatable bonds is 7. The Morgan fingerprint density at radius 2 is 2.00 bits per heavy atom. The molecule has 16 heavy (non-hydrogen) atoms. The summed E-state index contributed by atoms with van der Waals surface area (Å²) < 4.78 is 5.30. The lowest BCUT2D eigenvalue weighted by Crippen LogP contribution is -2.10. The van der Waals surface area contributed by atoms with E-state index in [1.807, 2.05) is 6.92 Å². The molecule has 0 aliphatic carbocycles. The van der Waals surface area contributed by atoms with E-state index in [-0.39, 0.29) is 6.04 Å². The van der Waals surface area contributed by atoms with Gasteiger partial charge in [-0.1, -0.05) is 38.8 Å². The molecule has 0 saturated carbocycles. The van der Waals surface area contributed by atoms with Gasteiger partial charge in [-0.05, 0) is 19.3 Å². The summed E-state index contributed by atoms with van der Waals surface area (Å²) in [5.41, 5.74) is 5.86. The van der Waals surface area contributed by atoms with Crippen LogP contribution in [-0.2, 0) is 0 Å². The third kappa shape index (κ3) is 3.30. The Morgan fingerprint density at radius 3 is 2.56 bits per heavy atom. The number of nitrogens with two attached hydrogens (primary N) is 1. The molecule has 0 bridgehead atoms. The minimum Gasteiger partial charge on any atom is -0.339 e. The Labute approximate surface area is 97.6 Å². The highest BCUT2D eigenvalue weighted by molar-refractivity contribution is 4.97. The van der Waals surface area contributed by atoms with Crippen molar-refractivity contribution >= 4 is 0 Å². The molecule has 2 unspecified atom stereocenters. The molecule has 0 aliphatic heterocycles. The van der Waals surface area contributed by atoms with Gasteiger partial charge in [-0.2, -0.15) is 4.98 Å². The summed E-state index contributed by atoms with van der Waals surface area (Å²) in [5, 5.41) is 3.95. The number of nitrogens with zero attached hydrogens (tertiary/aromatic N) is 2. The Bertz CT molecular complexity index is 298. The fourth-order valence-corrected chi connectivity index (χ4v) is 1.70. The molecule has 0 radical (unpaired) electrons. The molecule has 0 amide bonds. The van der Waals surface area contributed by atoms with Crippen molar-refractivity contribution in [2.24, 2.45) is 5.73 Å². The molecule has 0 saturated heterocycles. The van der Waals surface area contributed by atoms with Gasteiger partial charge in [0, 0.05) is 5.92 Å². The van der Waals surface area contributed by atoms with Crippen molar-refractivity contribution in [3.8, 4) is 0 Å². The number of unbranched alkanes of at least 4 members (excludes halogenated alkanes) is 1. The van der Waals surface area contributed by atoms with Crippen molar-refractivity contribution in [2.45, 2.75) is 64.8 Å². The molecular weight excluding hydrogens is 202 g/mol. The lowest BCUT2D eigenvalue weighted by atomic mass is 9.99. The first-order valence-corrected chi connectivity index (χ1v) is 6.31. The fraction of sp³-hybridized carbons (Fsp3) is 0.833. The van der Waals surface area contributed by atoms with Gasteiger partial charge in [0.2, 0.25) is 5.89 Å². The zero-order valence-electron chi connectivity index (χ0n) is 10.6. The van der Waals surface area contributed by atoms with Crippen molar-refractivity contribution in [3.05, 3.63) is 11.7 Å². The van der Waals surface area contributed by atoms with E-state index in [2.05, 4.69) is 24.0 Å². The molecule has 92 valence electrons. The normalized spacial score (nSPS) is 15.0. The van der Waals surface area contributed by atoms with Gasteiger partial charge < -0.3 is 10.3 Å². The molecule has 1 aromatic rings. The SMILES string of the molecule is CCCCC(CC)c1nc(C(N)CC)no1. The molecule has 1 rings (SSSR count). The first-order valence-electron chi connectivity index (χ1n) is 6.31. The maximum Gasteiger partial charge on any atom is 0.229 e. The highest BCUT2D eigenvalue weighted by Gasteiger charge is 2.18. The first kappa shape index (κ1) is 13.2. The van der Waals surface area contributed by atoms with Gasteiger partial charge in [-0.25, -0.2) is 0 Å². The molecule has 0 aromatic carbocycles. The van der Waals surface area contributed by atoms with E-state index in [4.69, 9.17) is 10.3 Å². The van der Waals surface area contributed by atoms with Crippen LogP contribution in [0, 0.1) is 0 Å². The Hall–Kier alpha value is -0.900. The van der Waals surface area contributed by atoms with Gasteiger partial charge >= 0.3 is 0 Å². The lowest BCUT2D eigenvalue weighted by molar-refractivity contribution is 0.334. The fourth-order valence-electron chi connectivity index (χ4n) is 1.70. The van der Waals surface area contributed by atoms with Crippen molar-refractivity contribution in [1.29, 1.82) is 0 Å². The third-order valence-electron chi connectivity index (χ3n) is 2.98. The maximum absolute atomic E-state index is 5.86. The van der Waals surface area contributed by atoms with Crippen molar-refractivity contribution in [2.75, 3.05) is 0 Å². The van der Waals surface area contributed by atoms with Crippen LogP contribution in [0.5, 0.6) is 0 Å². The standard InChI is InChI=1S/C12H23N3O/c1-4-7-8-9(5-2)12-14-11(15-16-12)10(13)6-3/h9-10H,4-8,13H2,1-3H3. The molecule has 1 heterocycles. The van der Waals surface area contributed by atoms with Gasteiger partial charge in [0.05, 0.1) is 6.04 Å². The van der Waals surface area contributed by atoms with Crippen LogP contribution in [0.2, 0.25) is 0 Å². The maximum atomic E-state index is 5.86. The van der Waals surface area contributed by atoms with Crippen LogP contribution in [0.3, 0.4) is 0 Å². The summed E-state index contributed by atoms with van der Waals surface area (Å²) in [5.74, 6) is 1.80. The zero-order chi connectivity index (χ0) is 12.0. The second kappa shape index (κ2) is 6.63. The summed E-state index contributed by atoms with van der Waals surface area (Å²) in [4.78, 5) is 4.40. The predicted octanol–water partition coefficient (Wildman–Crippen LogP) is 3.16. The summed E-state index contributed by atoms with van der Waals surface area (Å²) in [6.07, 6.45) is 5.41. The molecule has 2 atom stereocenters. The van der Waals surface area contributed by atoms with Crippen LogP contribution in [0.15, 0.2) is 4.52 Å². The summed E-state index contributed by atoms with van der Waals surface area (Å²) >= 11 is 0.